The Bertz CT molecular complexity index is 401. The summed E-state index contributed by atoms with van der Waals surface area (Å²) in [4.78, 5) is 11.7. The highest BCUT2D eigenvalue weighted by molar-refractivity contribution is 5.69. The van der Waals surface area contributed by atoms with E-state index in [0.717, 1.165) is 18.4 Å². The molecule has 1 aromatic rings. The summed E-state index contributed by atoms with van der Waals surface area (Å²) in [5, 5.41) is 9.62. The quantitative estimate of drug-likeness (QED) is 0.692. The number of unbranched alkanes of at least 4 members (excludes halogenated alkanes) is 1. The van der Waals surface area contributed by atoms with Crippen LogP contribution in [-0.2, 0) is 16.0 Å². The number of aryl methyl sites for hydroxylation is 1. The molecule has 0 unspecified atom stereocenters. The molecule has 20 heavy (non-hydrogen) atoms. The molecule has 1 N–H and O–H groups in total. The molecule has 0 fully saturated rings. The van der Waals surface area contributed by atoms with Crippen LogP contribution < -0.4 is 0 Å². The minimum absolute atomic E-state index is 0.178. The summed E-state index contributed by atoms with van der Waals surface area (Å²) in [7, 11) is 0. The van der Waals surface area contributed by atoms with Crippen molar-refractivity contribution < 1.29 is 14.6 Å². The first-order valence-electron chi connectivity index (χ1n) is 7.59. The van der Waals surface area contributed by atoms with Gasteiger partial charge in [-0.05, 0) is 30.4 Å². The van der Waals surface area contributed by atoms with E-state index in [1.807, 2.05) is 12.1 Å². The van der Waals surface area contributed by atoms with Gasteiger partial charge in [-0.3, -0.25) is 4.79 Å². The Morgan fingerprint density at radius 2 is 2.05 bits per heavy atom. The number of esters is 1. The molecule has 0 aliphatic rings. The van der Waals surface area contributed by atoms with Gasteiger partial charge in [0.15, 0.2) is 0 Å². The van der Waals surface area contributed by atoms with Crippen LogP contribution in [0, 0.1) is 5.92 Å². The SMILES string of the molecule is CCCC[C@@H](CC)COC(=O)CCc1ccccc1O. The number of phenolic OH excluding ortho intramolecular Hbond substituents is 1. The Morgan fingerprint density at radius 3 is 2.70 bits per heavy atom. The largest absolute Gasteiger partial charge is 0.508 e. The van der Waals surface area contributed by atoms with Gasteiger partial charge in [0.05, 0.1) is 6.61 Å². The number of phenols is 1. The molecule has 0 bridgehead atoms. The van der Waals surface area contributed by atoms with Gasteiger partial charge < -0.3 is 9.84 Å². The van der Waals surface area contributed by atoms with E-state index in [1.165, 1.54) is 12.8 Å². The maximum atomic E-state index is 11.7. The lowest BCUT2D eigenvalue weighted by Crippen LogP contribution is -2.14. The molecule has 0 aromatic heterocycles. The van der Waals surface area contributed by atoms with E-state index in [-0.39, 0.29) is 11.7 Å². The van der Waals surface area contributed by atoms with Crippen molar-refractivity contribution in [1.29, 1.82) is 0 Å². The molecule has 0 radical (unpaired) electrons. The molecule has 112 valence electrons. The van der Waals surface area contributed by atoms with Crippen molar-refractivity contribution in [3.63, 3.8) is 0 Å². The average Bonchev–Trinajstić information content (AvgIpc) is 2.46. The zero-order valence-corrected chi connectivity index (χ0v) is 12.6. The maximum Gasteiger partial charge on any atom is 0.306 e. The number of carbonyl (C=O) groups excluding carboxylic acids is 1. The number of rotatable bonds is 9. The lowest BCUT2D eigenvalue weighted by Gasteiger charge is -2.14. The highest BCUT2D eigenvalue weighted by Gasteiger charge is 2.11. The summed E-state index contributed by atoms with van der Waals surface area (Å²) in [5.74, 6) is 0.543. The predicted octanol–water partition coefficient (Wildman–Crippen LogP) is 4.08. The van der Waals surface area contributed by atoms with Crippen molar-refractivity contribution in [3.05, 3.63) is 29.8 Å². The third kappa shape index (κ3) is 6.09. The van der Waals surface area contributed by atoms with Gasteiger partial charge in [0.2, 0.25) is 0 Å². The van der Waals surface area contributed by atoms with Crippen LogP contribution in [0.15, 0.2) is 24.3 Å². The van der Waals surface area contributed by atoms with Crippen LogP contribution in [-0.4, -0.2) is 17.7 Å². The fourth-order valence-corrected chi connectivity index (χ4v) is 2.14. The molecular weight excluding hydrogens is 252 g/mol. The fraction of sp³-hybridized carbons (Fsp3) is 0.588. The molecule has 0 heterocycles. The van der Waals surface area contributed by atoms with Crippen molar-refractivity contribution in [1.82, 2.24) is 0 Å². The number of aromatic hydroxyl groups is 1. The second-order valence-electron chi connectivity index (χ2n) is 5.23. The van der Waals surface area contributed by atoms with Crippen LogP contribution in [0.5, 0.6) is 5.75 Å². The van der Waals surface area contributed by atoms with Gasteiger partial charge in [-0.15, -0.1) is 0 Å². The first-order valence-corrected chi connectivity index (χ1v) is 7.59. The second-order valence-corrected chi connectivity index (χ2v) is 5.23. The van der Waals surface area contributed by atoms with Crippen LogP contribution in [0.4, 0.5) is 0 Å². The fourth-order valence-electron chi connectivity index (χ4n) is 2.14. The Balaban J connectivity index is 2.28. The van der Waals surface area contributed by atoms with E-state index in [4.69, 9.17) is 4.74 Å². The van der Waals surface area contributed by atoms with Gasteiger partial charge >= 0.3 is 5.97 Å². The summed E-state index contributed by atoms with van der Waals surface area (Å²) in [5.41, 5.74) is 0.794. The first kappa shape index (κ1) is 16.5. The van der Waals surface area contributed by atoms with Gasteiger partial charge in [0, 0.05) is 6.42 Å². The zero-order chi connectivity index (χ0) is 14.8. The Labute approximate surface area is 122 Å². The van der Waals surface area contributed by atoms with E-state index in [9.17, 15) is 9.90 Å². The number of hydrogen-bond acceptors (Lipinski definition) is 3. The molecule has 0 spiro atoms. The molecule has 0 saturated heterocycles. The lowest BCUT2D eigenvalue weighted by molar-refractivity contribution is -0.145. The molecule has 0 aliphatic carbocycles. The smallest absolute Gasteiger partial charge is 0.306 e. The van der Waals surface area contributed by atoms with Crippen LogP contribution in [0.1, 0.15) is 51.5 Å². The van der Waals surface area contributed by atoms with E-state index in [1.54, 1.807) is 12.1 Å². The standard InChI is InChI=1S/C17H26O3/c1-3-5-8-14(4-2)13-20-17(19)12-11-15-9-6-7-10-16(15)18/h6-7,9-10,14,18H,3-5,8,11-13H2,1-2H3/t14-/m1/s1. The first-order chi connectivity index (χ1) is 9.67. The molecule has 1 rings (SSSR count). The van der Waals surface area contributed by atoms with E-state index >= 15 is 0 Å². The summed E-state index contributed by atoms with van der Waals surface area (Å²) >= 11 is 0. The van der Waals surface area contributed by atoms with Crippen molar-refractivity contribution in [3.8, 4) is 5.75 Å². The van der Waals surface area contributed by atoms with E-state index in [2.05, 4.69) is 13.8 Å². The van der Waals surface area contributed by atoms with Crippen LogP contribution >= 0.6 is 0 Å². The minimum atomic E-state index is -0.178. The predicted molar refractivity (Wildman–Crippen MR) is 80.7 cm³/mol. The lowest BCUT2D eigenvalue weighted by atomic mass is 10.0. The number of hydrogen-bond donors (Lipinski definition) is 1. The number of carbonyl (C=O) groups is 1. The van der Waals surface area contributed by atoms with E-state index in [0.29, 0.717) is 25.4 Å². The Hall–Kier alpha value is -1.51. The summed E-state index contributed by atoms with van der Waals surface area (Å²) in [6.45, 7) is 4.83. The monoisotopic (exact) mass is 278 g/mol. The third-order valence-corrected chi connectivity index (χ3v) is 3.61. The third-order valence-electron chi connectivity index (χ3n) is 3.61. The van der Waals surface area contributed by atoms with Gasteiger partial charge in [-0.2, -0.15) is 0 Å². The van der Waals surface area contributed by atoms with Crippen LogP contribution in [0.25, 0.3) is 0 Å². The van der Waals surface area contributed by atoms with Gasteiger partial charge in [-0.25, -0.2) is 0 Å². The number of para-hydroxylation sites is 1. The average molecular weight is 278 g/mol. The van der Waals surface area contributed by atoms with Crippen LogP contribution in [0.3, 0.4) is 0 Å². The zero-order valence-electron chi connectivity index (χ0n) is 12.6. The minimum Gasteiger partial charge on any atom is -0.508 e. The van der Waals surface area contributed by atoms with Gasteiger partial charge in [0.1, 0.15) is 5.75 Å². The summed E-state index contributed by atoms with van der Waals surface area (Å²) in [6, 6.07) is 7.10. The molecule has 0 saturated carbocycles. The molecule has 0 amide bonds. The summed E-state index contributed by atoms with van der Waals surface area (Å²) in [6.07, 6.45) is 5.39. The molecule has 3 nitrogen and oxygen atoms in total. The highest BCUT2D eigenvalue weighted by Crippen LogP contribution is 2.18. The topological polar surface area (TPSA) is 46.5 Å². The molecule has 1 aromatic carbocycles. The number of benzene rings is 1. The Morgan fingerprint density at radius 1 is 1.30 bits per heavy atom. The Kier molecular flexibility index (Phi) is 7.78. The van der Waals surface area contributed by atoms with Crippen molar-refractivity contribution >= 4 is 5.97 Å². The van der Waals surface area contributed by atoms with Crippen molar-refractivity contribution in [2.75, 3.05) is 6.61 Å². The second kappa shape index (κ2) is 9.40. The maximum absolute atomic E-state index is 11.7. The van der Waals surface area contributed by atoms with Crippen LogP contribution in [0.2, 0.25) is 0 Å². The molecular formula is C17H26O3. The normalized spacial score (nSPS) is 12.1. The molecule has 1 atom stereocenters. The number of ether oxygens (including phenoxy) is 1. The van der Waals surface area contributed by atoms with E-state index < -0.39 is 0 Å². The highest BCUT2D eigenvalue weighted by atomic mass is 16.5. The summed E-state index contributed by atoms with van der Waals surface area (Å²) < 4.78 is 5.33. The van der Waals surface area contributed by atoms with Crippen molar-refractivity contribution in [2.45, 2.75) is 52.4 Å². The van der Waals surface area contributed by atoms with Gasteiger partial charge in [-0.1, -0.05) is 51.3 Å². The molecule has 3 heteroatoms. The molecule has 0 aliphatic heterocycles. The van der Waals surface area contributed by atoms with Gasteiger partial charge in [0.25, 0.3) is 0 Å². The van der Waals surface area contributed by atoms with Crippen molar-refractivity contribution in [2.24, 2.45) is 5.92 Å².